The highest BCUT2D eigenvalue weighted by molar-refractivity contribution is 5.80. The number of aliphatic carboxylic acids is 1. The zero-order valence-corrected chi connectivity index (χ0v) is 11.0. The lowest BCUT2D eigenvalue weighted by molar-refractivity contribution is -0.144. The van der Waals surface area contributed by atoms with Crippen LogP contribution in [0.4, 0.5) is 0 Å². The summed E-state index contributed by atoms with van der Waals surface area (Å²) in [5.41, 5.74) is 0.313. The van der Waals surface area contributed by atoms with E-state index in [-0.39, 0.29) is 6.04 Å². The molecule has 104 valence electrons. The molecule has 3 rings (SSSR count). The molecule has 2 aromatic rings. The standard InChI is InChI=1S/C13H15N5O2/c1-13(12(19)20,15-10-5-6-10)9-3-2-4-11(7-9)18-8-14-16-17-18/h2-4,7-8,10,15H,5-6H2,1H3,(H,19,20). The van der Waals surface area contributed by atoms with Crippen molar-refractivity contribution in [1.82, 2.24) is 25.5 Å². The van der Waals surface area contributed by atoms with E-state index in [0.717, 1.165) is 18.5 Å². The second-order valence-corrected chi connectivity index (χ2v) is 5.15. The Morgan fingerprint density at radius 3 is 2.90 bits per heavy atom. The van der Waals surface area contributed by atoms with E-state index in [1.165, 1.54) is 11.0 Å². The van der Waals surface area contributed by atoms with Crippen LogP contribution in [0.25, 0.3) is 5.69 Å². The third-order valence-corrected chi connectivity index (χ3v) is 3.53. The second kappa shape index (κ2) is 4.68. The molecular weight excluding hydrogens is 258 g/mol. The summed E-state index contributed by atoms with van der Waals surface area (Å²) < 4.78 is 1.50. The summed E-state index contributed by atoms with van der Waals surface area (Å²) in [6, 6.07) is 7.52. The molecule has 1 fully saturated rings. The molecule has 1 unspecified atom stereocenters. The van der Waals surface area contributed by atoms with E-state index in [1.807, 2.05) is 12.1 Å². The van der Waals surface area contributed by atoms with Gasteiger partial charge in [0.05, 0.1) is 5.69 Å². The summed E-state index contributed by atoms with van der Waals surface area (Å²) in [5, 5.41) is 23.8. The topological polar surface area (TPSA) is 92.9 Å². The molecule has 20 heavy (non-hydrogen) atoms. The lowest BCUT2D eigenvalue weighted by Gasteiger charge is -2.27. The lowest BCUT2D eigenvalue weighted by Crippen LogP contribution is -2.47. The molecule has 1 saturated carbocycles. The van der Waals surface area contributed by atoms with Crippen LogP contribution in [0.2, 0.25) is 0 Å². The molecule has 1 aromatic heterocycles. The number of nitrogens with one attached hydrogen (secondary N) is 1. The van der Waals surface area contributed by atoms with Crippen molar-refractivity contribution < 1.29 is 9.90 Å². The van der Waals surface area contributed by atoms with Gasteiger partial charge in [0.15, 0.2) is 0 Å². The number of hydrogen-bond donors (Lipinski definition) is 2. The van der Waals surface area contributed by atoms with Crippen LogP contribution >= 0.6 is 0 Å². The molecule has 0 amide bonds. The number of nitrogens with zero attached hydrogens (tertiary/aromatic N) is 4. The van der Waals surface area contributed by atoms with Crippen LogP contribution < -0.4 is 5.32 Å². The van der Waals surface area contributed by atoms with Crippen LogP contribution in [0.3, 0.4) is 0 Å². The summed E-state index contributed by atoms with van der Waals surface area (Å²) >= 11 is 0. The zero-order chi connectivity index (χ0) is 14.2. The minimum absolute atomic E-state index is 0.285. The lowest BCUT2D eigenvalue weighted by atomic mass is 9.91. The number of benzene rings is 1. The summed E-state index contributed by atoms with van der Waals surface area (Å²) in [6.07, 6.45) is 3.52. The Labute approximate surface area is 115 Å². The molecule has 0 saturated heterocycles. The van der Waals surface area contributed by atoms with Crippen molar-refractivity contribution in [1.29, 1.82) is 0 Å². The van der Waals surface area contributed by atoms with Gasteiger partial charge in [-0.2, -0.15) is 0 Å². The van der Waals surface area contributed by atoms with Gasteiger partial charge >= 0.3 is 5.97 Å². The molecule has 1 heterocycles. The maximum atomic E-state index is 11.7. The van der Waals surface area contributed by atoms with Gasteiger partial charge in [-0.15, -0.1) is 5.10 Å². The number of carboxylic acids is 1. The number of rotatable bonds is 5. The molecular formula is C13H15N5O2. The first-order valence-electron chi connectivity index (χ1n) is 6.44. The molecule has 7 nitrogen and oxygen atoms in total. The van der Waals surface area contributed by atoms with E-state index in [4.69, 9.17) is 0 Å². The number of carboxylic acid groups (broad SMARTS) is 1. The fraction of sp³-hybridized carbons (Fsp3) is 0.385. The van der Waals surface area contributed by atoms with Crippen LogP contribution in [0.5, 0.6) is 0 Å². The van der Waals surface area contributed by atoms with E-state index in [2.05, 4.69) is 20.8 Å². The summed E-state index contributed by atoms with van der Waals surface area (Å²) in [6.45, 7) is 1.69. The zero-order valence-electron chi connectivity index (χ0n) is 11.0. The first kappa shape index (κ1) is 12.7. The Morgan fingerprint density at radius 1 is 1.50 bits per heavy atom. The SMILES string of the molecule is CC(NC1CC1)(C(=O)O)c1cccc(-n2cnnn2)c1. The Bertz CT molecular complexity index is 623. The minimum atomic E-state index is -1.11. The number of carbonyl (C=O) groups is 1. The van der Waals surface area contributed by atoms with Crippen molar-refractivity contribution in [2.45, 2.75) is 31.3 Å². The van der Waals surface area contributed by atoms with E-state index in [1.54, 1.807) is 19.1 Å². The van der Waals surface area contributed by atoms with Crippen LogP contribution in [-0.2, 0) is 10.3 Å². The van der Waals surface area contributed by atoms with E-state index >= 15 is 0 Å². The first-order valence-corrected chi connectivity index (χ1v) is 6.44. The van der Waals surface area contributed by atoms with E-state index in [0.29, 0.717) is 5.56 Å². The predicted molar refractivity (Wildman–Crippen MR) is 70.3 cm³/mol. The van der Waals surface area contributed by atoms with Crippen LogP contribution in [0.15, 0.2) is 30.6 Å². The molecule has 1 aliphatic carbocycles. The maximum absolute atomic E-state index is 11.7. The third-order valence-electron chi connectivity index (χ3n) is 3.53. The molecule has 0 aliphatic heterocycles. The van der Waals surface area contributed by atoms with Gasteiger partial charge in [-0.1, -0.05) is 12.1 Å². The van der Waals surface area contributed by atoms with Gasteiger partial charge in [-0.05, 0) is 47.9 Å². The fourth-order valence-electron chi connectivity index (χ4n) is 2.14. The average molecular weight is 273 g/mol. The summed E-state index contributed by atoms with van der Waals surface area (Å²) in [7, 11) is 0. The molecule has 0 bridgehead atoms. The van der Waals surface area contributed by atoms with Crippen LogP contribution in [0, 0.1) is 0 Å². The number of aromatic nitrogens is 4. The molecule has 0 spiro atoms. The number of tetrazole rings is 1. The second-order valence-electron chi connectivity index (χ2n) is 5.15. The highest BCUT2D eigenvalue weighted by Gasteiger charge is 2.40. The van der Waals surface area contributed by atoms with Crippen molar-refractivity contribution in [2.75, 3.05) is 0 Å². The van der Waals surface area contributed by atoms with Gasteiger partial charge in [-0.3, -0.25) is 5.32 Å². The van der Waals surface area contributed by atoms with Gasteiger partial charge in [0.2, 0.25) is 0 Å². The van der Waals surface area contributed by atoms with Crippen molar-refractivity contribution in [3.05, 3.63) is 36.2 Å². The van der Waals surface area contributed by atoms with Crippen molar-refractivity contribution in [2.24, 2.45) is 0 Å². The maximum Gasteiger partial charge on any atom is 0.328 e. The Balaban J connectivity index is 1.98. The average Bonchev–Trinajstić information content (AvgIpc) is 3.08. The number of hydrogen-bond acceptors (Lipinski definition) is 5. The summed E-state index contributed by atoms with van der Waals surface area (Å²) in [5.74, 6) is -0.890. The van der Waals surface area contributed by atoms with E-state index < -0.39 is 11.5 Å². The monoisotopic (exact) mass is 273 g/mol. The van der Waals surface area contributed by atoms with Crippen molar-refractivity contribution in [3.8, 4) is 5.69 Å². The smallest absolute Gasteiger partial charge is 0.328 e. The molecule has 0 radical (unpaired) electrons. The van der Waals surface area contributed by atoms with Crippen LogP contribution in [0.1, 0.15) is 25.3 Å². The normalized spacial score (nSPS) is 17.6. The van der Waals surface area contributed by atoms with E-state index in [9.17, 15) is 9.90 Å². The van der Waals surface area contributed by atoms with Gasteiger partial charge in [0, 0.05) is 6.04 Å². The van der Waals surface area contributed by atoms with Crippen LogP contribution in [-0.4, -0.2) is 37.3 Å². The predicted octanol–water partition coefficient (Wildman–Crippen LogP) is 0.714. The Kier molecular flexibility index (Phi) is 2.98. The van der Waals surface area contributed by atoms with Crippen molar-refractivity contribution in [3.63, 3.8) is 0 Å². The Hall–Kier alpha value is -2.28. The molecule has 1 aromatic carbocycles. The van der Waals surface area contributed by atoms with Gasteiger partial charge < -0.3 is 5.11 Å². The largest absolute Gasteiger partial charge is 0.480 e. The minimum Gasteiger partial charge on any atom is -0.480 e. The molecule has 1 aliphatic rings. The first-order chi connectivity index (χ1) is 9.59. The highest BCUT2D eigenvalue weighted by atomic mass is 16.4. The quantitative estimate of drug-likeness (QED) is 0.833. The molecule has 1 atom stereocenters. The highest BCUT2D eigenvalue weighted by Crippen LogP contribution is 2.29. The third kappa shape index (κ3) is 2.27. The van der Waals surface area contributed by atoms with Gasteiger partial charge in [0.1, 0.15) is 11.9 Å². The van der Waals surface area contributed by atoms with Gasteiger partial charge in [-0.25, -0.2) is 9.48 Å². The van der Waals surface area contributed by atoms with Gasteiger partial charge in [0.25, 0.3) is 0 Å². The summed E-state index contributed by atoms with van der Waals surface area (Å²) in [4.78, 5) is 11.7. The molecule has 7 heteroatoms. The Morgan fingerprint density at radius 2 is 2.30 bits per heavy atom. The fourth-order valence-corrected chi connectivity index (χ4v) is 2.14. The van der Waals surface area contributed by atoms with Crippen molar-refractivity contribution >= 4 is 5.97 Å². The molecule has 2 N–H and O–H groups in total.